The first-order valence-electron chi connectivity index (χ1n) is 9.31. The van der Waals surface area contributed by atoms with Crippen LogP contribution in [0.3, 0.4) is 0 Å². The molecule has 3 aromatic rings. The lowest BCUT2D eigenvalue weighted by molar-refractivity contribution is -0.143. The fourth-order valence-electron chi connectivity index (χ4n) is 2.81. The summed E-state index contributed by atoms with van der Waals surface area (Å²) in [6.07, 6.45) is 0.718. The van der Waals surface area contributed by atoms with Gasteiger partial charge in [0.15, 0.2) is 22.8 Å². The lowest BCUT2D eigenvalue weighted by Crippen LogP contribution is -2.25. The topological polar surface area (TPSA) is 87.2 Å². The summed E-state index contributed by atoms with van der Waals surface area (Å²) in [7, 11) is 0. The van der Waals surface area contributed by atoms with Gasteiger partial charge < -0.3 is 9.15 Å². The zero-order valence-electron chi connectivity index (χ0n) is 16.8. The predicted molar refractivity (Wildman–Crippen MR) is 110 cm³/mol. The maximum Gasteiger partial charge on any atom is 0.317 e. The molecule has 0 spiro atoms. The van der Waals surface area contributed by atoms with Gasteiger partial charge in [-0.2, -0.15) is 0 Å². The molecule has 0 radical (unpaired) electrons. The molecule has 0 N–H and O–H groups in total. The molecule has 1 aromatic carbocycles. The van der Waals surface area contributed by atoms with Crippen molar-refractivity contribution in [3.05, 3.63) is 53.3 Å². The quantitative estimate of drug-likeness (QED) is 0.312. The molecule has 152 valence electrons. The molecular formula is C21H23N3O4S. The average Bonchev–Trinajstić information content (AvgIpc) is 3.36. The van der Waals surface area contributed by atoms with E-state index in [4.69, 9.17) is 9.15 Å². The van der Waals surface area contributed by atoms with Crippen LogP contribution in [-0.2, 0) is 16.1 Å². The molecule has 0 fully saturated rings. The van der Waals surface area contributed by atoms with Gasteiger partial charge in [0.25, 0.3) is 0 Å². The summed E-state index contributed by atoms with van der Waals surface area (Å²) in [5, 5.41) is 8.87. The molecule has 3 rings (SSSR count). The lowest BCUT2D eigenvalue weighted by atomic mass is 10.0. The minimum Gasteiger partial charge on any atom is -0.461 e. The number of ether oxygens (including phenoxy) is 1. The summed E-state index contributed by atoms with van der Waals surface area (Å²) in [4.78, 5) is 24.8. The number of hydrogen-bond donors (Lipinski definition) is 0. The first-order chi connectivity index (χ1) is 13.9. The monoisotopic (exact) mass is 413 g/mol. The molecule has 0 bridgehead atoms. The van der Waals surface area contributed by atoms with E-state index in [-0.39, 0.29) is 11.5 Å². The van der Waals surface area contributed by atoms with Crippen molar-refractivity contribution in [2.75, 3.05) is 5.75 Å². The van der Waals surface area contributed by atoms with Gasteiger partial charge in [-0.3, -0.25) is 14.2 Å². The van der Waals surface area contributed by atoms with Crippen molar-refractivity contribution >= 4 is 23.5 Å². The van der Waals surface area contributed by atoms with Crippen molar-refractivity contribution in [1.82, 2.24) is 14.8 Å². The van der Waals surface area contributed by atoms with Gasteiger partial charge in [-0.1, -0.05) is 23.9 Å². The smallest absolute Gasteiger partial charge is 0.317 e. The molecule has 8 heteroatoms. The molecular weight excluding hydrogens is 390 g/mol. The Balaban J connectivity index is 1.60. The molecule has 0 aliphatic heterocycles. The fraction of sp³-hybridized carbons (Fsp3) is 0.333. The summed E-state index contributed by atoms with van der Waals surface area (Å²) < 4.78 is 12.6. The molecule has 1 atom stereocenters. The van der Waals surface area contributed by atoms with E-state index >= 15 is 0 Å². The highest BCUT2D eigenvalue weighted by molar-refractivity contribution is 7.99. The van der Waals surface area contributed by atoms with Gasteiger partial charge in [-0.05, 0) is 57.0 Å². The van der Waals surface area contributed by atoms with Crippen LogP contribution >= 0.6 is 11.8 Å². The number of carbonyl (C=O) groups is 2. The number of ketones is 1. The Morgan fingerprint density at radius 2 is 2.00 bits per heavy atom. The second kappa shape index (κ2) is 9.09. The van der Waals surface area contributed by atoms with Gasteiger partial charge in [0.1, 0.15) is 0 Å². The third kappa shape index (κ3) is 4.76. The Morgan fingerprint density at radius 1 is 1.21 bits per heavy atom. The van der Waals surface area contributed by atoms with Gasteiger partial charge in [0, 0.05) is 12.1 Å². The van der Waals surface area contributed by atoms with Crippen LogP contribution in [0.1, 0.15) is 35.3 Å². The maximum absolute atomic E-state index is 12.5. The number of rotatable bonds is 8. The minimum absolute atomic E-state index is 0.0286. The summed E-state index contributed by atoms with van der Waals surface area (Å²) in [5.74, 6) is 0.544. The Morgan fingerprint density at radius 3 is 2.66 bits per heavy atom. The van der Waals surface area contributed by atoms with Gasteiger partial charge in [0.2, 0.25) is 5.78 Å². The van der Waals surface area contributed by atoms with E-state index in [0.717, 1.165) is 11.1 Å². The van der Waals surface area contributed by atoms with Gasteiger partial charge >= 0.3 is 5.97 Å². The Bertz CT molecular complexity index is 1010. The predicted octanol–water partition coefficient (Wildman–Crippen LogP) is 4.08. The van der Waals surface area contributed by atoms with Crippen molar-refractivity contribution < 1.29 is 18.7 Å². The van der Waals surface area contributed by atoms with Gasteiger partial charge in [0.05, 0.1) is 12.0 Å². The number of Topliss-reactive ketones (excluding diaryl/α,β-unsaturated/α-hetero) is 1. The van der Waals surface area contributed by atoms with Crippen LogP contribution in [0.2, 0.25) is 0 Å². The van der Waals surface area contributed by atoms with Crippen LogP contribution in [-0.4, -0.2) is 38.4 Å². The highest BCUT2D eigenvalue weighted by Crippen LogP contribution is 2.24. The summed E-state index contributed by atoms with van der Waals surface area (Å²) in [6.45, 7) is 8.10. The highest BCUT2D eigenvalue weighted by Gasteiger charge is 2.21. The number of nitrogens with zero attached hydrogens (tertiary/aromatic N) is 3. The van der Waals surface area contributed by atoms with Crippen LogP contribution < -0.4 is 0 Å². The molecule has 0 amide bonds. The summed E-state index contributed by atoms with van der Waals surface area (Å²) >= 11 is 1.21. The van der Waals surface area contributed by atoms with Crippen LogP contribution in [0.4, 0.5) is 0 Å². The SMILES string of the molecule is CCn1c(SCC(=O)O[C@H](C)C(=O)c2ccc(C)c(C)c2)nnc1-c1ccco1. The third-order valence-corrected chi connectivity index (χ3v) is 5.50. The Hall–Kier alpha value is -2.87. The van der Waals surface area contributed by atoms with Crippen molar-refractivity contribution in [1.29, 1.82) is 0 Å². The number of aromatic nitrogens is 3. The first kappa shape index (κ1) is 20.9. The van der Waals surface area contributed by atoms with Crippen LogP contribution in [0.5, 0.6) is 0 Å². The van der Waals surface area contributed by atoms with E-state index in [1.54, 1.807) is 31.4 Å². The molecule has 0 saturated heterocycles. The maximum atomic E-state index is 12.5. The summed E-state index contributed by atoms with van der Waals surface area (Å²) in [6, 6.07) is 9.04. The third-order valence-electron chi connectivity index (χ3n) is 4.56. The molecule has 0 unspecified atom stereocenters. The van der Waals surface area contributed by atoms with E-state index in [9.17, 15) is 9.59 Å². The molecule has 2 heterocycles. The minimum atomic E-state index is -0.854. The van der Waals surface area contributed by atoms with E-state index in [1.807, 2.05) is 37.5 Å². The summed E-state index contributed by atoms with van der Waals surface area (Å²) in [5.41, 5.74) is 2.67. The number of thioether (sulfide) groups is 1. The molecule has 29 heavy (non-hydrogen) atoms. The number of esters is 1. The van der Waals surface area contributed by atoms with Crippen LogP contribution in [0.15, 0.2) is 46.2 Å². The van der Waals surface area contributed by atoms with E-state index in [0.29, 0.717) is 28.8 Å². The van der Waals surface area contributed by atoms with Crippen molar-refractivity contribution in [3.63, 3.8) is 0 Å². The van der Waals surface area contributed by atoms with Crippen LogP contribution in [0, 0.1) is 13.8 Å². The molecule has 7 nitrogen and oxygen atoms in total. The van der Waals surface area contributed by atoms with Crippen molar-refractivity contribution in [3.8, 4) is 11.6 Å². The number of carbonyl (C=O) groups excluding carboxylic acids is 2. The van der Waals surface area contributed by atoms with E-state index < -0.39 is 12.1 Å². The molecule has 0 aliphatic carbocycles. The Kier molecular flexibility index (Phi) is 6.53. The van der Waals surface area contributed by atoms with E-state index in [2.05, 4.69) is 10.2 Å². The average molecular weight is 413 g/mol. The second-order valence-corrected chi connectivity index (χ2v) is 7.55. The normalized spacial score (nSPS) is 12.0. The molecule has 0 aliphatic rings. The number of benzene rings is 1. The molecule has 0 saturated carbocycles. The van der Waals surface area contributed by atoms with Gasteiger partial charge in [-0.15, -0.1) is 10.2 Å². The number of furan rings is 1. The van der Waals surface area contributed by atoms with E-state index in [1.165, 1.54) is 11.8 Å². The largest absolute Gasteiger partial charge is 0.461 e. The lowest BCUT2D eigenvalue weighted by Gasteiger charge is -2.13. The zero-order valence-corrected chi connectivity index (χ0v) is 17.7. The van der Waals surface area contributed by atoms with Crippen LogP contribution in [0.25, 0.3) is 11.6 Å². The second-order valence-electron chi connectivity index (χ2n) is 6.61. The Labute approximate surface area is 173 Å². The first-order valence-corrected chi connectivity index (χ1v) is 10.3. The zero-order chi connectivity index (χ0) is 21.0. The molecule has 2 aromatic heterocycles. The standard InChI is InChI=1S/C21H23N3O4S/c1-5-24-20(17-7-6-10-27-17)22-23-21(24)29-12-18(25)28-15(4)19(26)16-9-8-13(2)14(3)11-16/h6-11,15H,5,12H2,1-4H3/t15-/m1/s1. The van der Waals surface area contributed by atoms with Gasteiger partial charge in [-0.25, -0.2) is 0 Å². The van der Waals surface area contributed by atoms with Crippen molar-refractivity contribution in [2.24, 2.45) is 0 Å². The highest BCUT2D eigenvalue weighted by atomic mass is 32.2. The van der Waals surface area contributed by atoms with Crippen molar-refractivity contribution in [2.45, 2.75) is 45.5 Å². The fourth-order valence-corrected chi connectivity index (χ4v) is 3.59. The number of aryl methyl sites for hydroxylation is 2. The number of hydrogen-bond acceptors (Lipinski definition) is 7.